The van der Waals surface area contributed by atoms with Gasteiger partial charge in [0.15, 0.2) is 0 Å². The molecule has 1 aliphatic rings. The Bertz CT molecular complexity index is 836. The number of carbonyl (C=O) groups is 2. The van der Waals surface area contributed by atoms with Crippen LogP contribution in [0.3, 0.4) is 0 Å². The second kappa shape index (κ2) is 8.14. The van der Waals surface area contributed by atoms with Crippen molar-refractivity contribution in [3.63, 3.8) is 0 Å². The number of methoxy groups -OCH3 is 1. The molecule has 2 amide bonds. The topological polar surface area (TPSA) is 71.0 Å². The first-order valence-corrected chi connectivity index (χ1v) is 8.89. The summed E-state index contributed by atoms with van der Waals surface area (Å²) in [6, 6.07) is 14.8. The van der Waals surface area contributed by atoms with E-state index in [2.05, 4.69) is 26.5 Å². The first kappa shape index (κ1) is 18.1. The predicted octanol–water partition coefficient (Wildman–Crippen LogP) is 2.96. The number of anilines is 1. The van der Waals surface area contributed by atoms with Crippen LogP contribution in [0.25, 0.3) is 0 Å². The third kappa shape index (κ3) is 4.11. The Labute approximate surface area is 160 Å². The van der Waals surface area contributed by atoms with Gasteiger partial charge in [0.25, 0.3) is 0 Å². The van der Waals surface area contributed by atoms with Crippen LogP contribution in [-0.2, 0) is 9.59 Å². The highest BCUT2D eigenvalue weighted by molar-refractivity contribution is 9.10. The normalized spacial score (nSPS) is 16.9. The molecule has 0 radical (unpaired) electrons. The lowest BCUT2D eigenvalue weighted by atomic mass is 10.1. The summed E-state index contributed by atoms with van der Waals surface area (Å²) < 4.78 is 6.17. The van der Waals surface area contributed by atoms with E-state index < -0.39 is 5.92 Å². The lowest BCUT2D eigenvalue weighted by molar-refractivity contribution is -0.126. The van der Waals surface area contributed by atoms with Gasteiger partial charge in [0.05, 0.1) is 19.2 Å². The first-order valence-electron chi connectivity index (χ1n) is 8.10. The van der Waals surface area contributed by atoms with E-state index in [9.17, 15) is 9.59 Å². The van der Waals surface area contributed by atoms with Crippen molar-refractivity contribution in [2.45, 2.75) is 6.42 Å². The molecule has 7 heteroatoms. The van der Waals surface area contributed by atoms with Crippen LogP contribution in [0.1, 0.15) is 12.0 Å². The van der Waals surface area contributed by atoms with Crippen molar-refractivity contribution in [3.8, 4) is 5.75 Å². The van der Waals surface area contributed by atoms with Crippen LogP contribution in [0, 0.1) is 5.92 Å². The molecule has 1 N–H and O–H groups in total. The number of para-hydroxylation sites is 1. The van der Waals surface area contributed by atoms with E-state index in [1.807, 2.05) is 48.5 Å². The average molecular weight is 416 g/mol. The predicted molar refractivity (Wildman–Crippen MR) is 103 cm³/mol. The van der Waals surface area contributed by atoms with Gasteiger partial charge in [0, 0.05) is 28.7 Å². The van der Waals surface area contributed by atoms with Gasteiger partial charge in [-0.1, -0.05) is 28.1 Å². The molecule has 2 aromatic rings. The van der Waals surface area contributed by atoms with Gasteiger partial charge in [-0.25, -0.2) is 5.43 Å². The molecule has 26 heavy (non-hydrogen) atoms. The lowest BCUT2D eigenvalue weighted by Gasteiger charge is -2.16. The highest BCUT2D eigenvalue weighted by Crippen LogP contribution is 2.26. The minimum atomic E-state index is -0.430. The number of hydrogen-bond donors (Lipinski definition) is 1. The Hall–Kier alpha value is -2.67. The zero-order valence-corrected chi connectivity index (χ0v) is 15.8. The highest BCUT2D eigenvalue weighted by atomic mass is 79.9. The molecule has 1 saturated heterocycles. The van der Waals surface area contributed by atoms with Crippen LogP contribution in [0.4, 0.5) is 5.69 Å². The van der Waals surface area contributed by atoms with Crippen molar-refractivity contribution in [1.29, 1.82) is 0 Å². The summed E-state index contributed by atoms with van der Waals surface area (Å²) in [6.07, 6.45) is 1.70. The van der Waals surface area contributed by atoms with Gasteiger partial charge in [-0.05, 0) is 36.4 Å². The lowest BCUT2D eigenvalue weighted by Crippen LogP contribution is -2.30. The molecule has 6 nitrogen and oxygen atoms in total. The number of hydrazone groups is 1. The van der Waals surface area contributed by atoms with Crippen LogP contribution in [0.2, 0.25) is 0 Å². The SMILES string of the molecule is COc1ccccc1/C=N\NC(=O)[C@@H]1CC(=O)N(c2ccc(Br)cc2)C1. The number of benzene rings is 2. The molecule has 0 unspecified atom stereocenters. The number of nitrogens with one attached hydrogen (secondary N) is 1. The zero-order chi connectivity index (χ0) is 18.5. The van der Waals surface area contributed by atoms with E-state index >= 15 is 0 Å². The summed E-state index contributed by atoms with van der Waals surface area (Å²) in [6.45, 7) is 0.344. The van der Waals surface area contributed by atoms with Gasteiger partial charge in [0.2, 0.25) is 11.8 Å². The van der Waals surface area contributed by atoms with Crippen molar-refractivity contribution in [3.05, 3.63) is 58.6 Å². The van der Waals surface area contributed by atoms with E-state index in [-0.39, 0.29) is 18.2 Å². The number of halogens is 1. The maximum absolute atomic E-state index is 12.3. The summed E-state index contributed by atoms with van der Waals surface area (Å²) in [4.78, 5) is 26.2. The van der Waals surface area contributed by atoms with Crippen molar-refractivity contribution >= 4 is 39.6 Å². The summed E-state index contributed by atoms with van der Waals surface area (Å²) >= 11 is 3.37. The number of amides is 2. The number of ether oxygens (including phenoxy) is 1. The summed E-state index contributed by atoms with van der Waals surface area (Å²) in [5, 5.41) is 3.99. The molecule has 0 aliphatic carbocycles. The standard InChI is InChI=1S/C19H18BrN3O3/c1-26-17-5-3-2-4-13(17)11-21-22-19(25)14-10-18(24)23(12-14)16-8-6-15(20)7-9-16/h2-9,11,14H,10,12H2,1H3,(H,22,25)/b21-11-/t14-/m1/s1. The Balaban J connectivity index is 1.61. The second-order valence-electron chi connectivity index (χ2n) is 5.86. The number of carbonyl (C=O) groups excluding carboxylic acids is 2. The summed E-state index contributed by atoms with van der Waals surface area (Å²) in [5.74, 6) is -0.103. The van der Waals surface area contributed by atoms with Crippen LogP contribution < -0.4 is 15.1 Å². The fourth-order valence-electron chi connectivity index (χ4n) is 2.78. The van der Waals surface area contributed by atoms with Crippen molar-refractivity contribution in [2.75, 3.05) is 18.6 Å². The minimum absolute atomic E-state index is 0.0684. The molecule has 0 bridgehead atoms. The summed E-state index contributed by atoms with van der Waals surface area (Å²) in [7, 11) is 1.58. The Morgan fingerprint density at radius 3 is 2.73 bits per heavy atom. The largest absolute Gasteiger partial charge is 0.496 e. The molecule has 134 valence electrons. The van der Waals surface area contributed by atoms with Gasteiger partial charge < -0.3 is 9.64 Å². The highest BCUT2D eigenvalue weighted by Gasteiger charge is 2.35. The van der Waals surface area contributed by atoms with Gasteiger partial charge in [-0.15, -0.1) is 0 Å². The molecule has 0 saturated carbocycles. The number of hydrogen-bond acceptors (Lipinski definition) is 4. The maximum Gasteiger partial charge on any atom is 0.245 e. The van der Waals surface area contributed by atoms with E-state index in [4.69, 9.17) is 4.74 Å². The molecule has 2 aromatic carbocycles. The third-order valence-electron chi connectivity index (χ3n) is 4.15. The first-order chi connectivity index (χ1) is 12.6. The summed E-state index contributed by atoms with van der Waals surface area (Å²) in [5.41, 5.74) is 4.06. The van der Waals surface area contributed by atoms with E-state index in [1.165, 1.54) is 6.21 Å². The van der Waals surface area contributed by atoms with Gasteiger partial charge >= 0.3 is 0 Å². The fraction of sp³-hybridized carbons (Fsp3) is 0.211. The molecule has 3 rings (SSSR count). The molecule has 0 aromatic heterocycles. The van der Waals surface area contributed by atoms with Crippen molar-refractivity contribution < 1.29 is 14.3 Å². The fourth-order valence-corrected chi connectivity index (χ4v) is 3.05. The molecular formula is C19H18BrN3O3. The minimum Gasteiger partial charge on any atom is -0.496 e. The molecule has 0 spiro atoms. The average Bonchev–Trinajstić information content (AvgIpc) is 3.04. The molecule has 1 heterocycles. The van der Waals surface area contributed by atoms with Crippen LogP contribution in [0.5, 0.6) is 5.75 Å². The smallest absolute Gasteiger partial charge is 0.245 e. The quantitative estimate of drug-likeness (QED) is 0.602. The second-order valence-corrected chi connectivity index (χ2v) is 6.77. The van der Waals surface area contributed by atoms with E-state index in [1.54, 1.807) is 12.0 Å². The van der Waals surface area contributed by atoms with Crippen molar-refractivity contribution in [2.24, 2.45) is 11.0 Å². The van der Waals surface area contributed by atoms with Gasteiger partial charge in [-0.2, -0.15) is 5.10 Å². The monoisotopic (exact) mass is 415 g/mol. The van der Waals surface area contributed by atoms with Crippen LogP contribution in [-0.4, -0.2) is 31.7 Å². The Morgan fingerprint density at radius 1 is 1.27 bits per heavy atom. The molecule has 1 aliphatic heterocycles. The van der Waals surface area contributed by atoms with E-state index in [0.717, 1.165) is 15.7 Å². The van der Waals surface area contributed by atoms with Gasteiger partial charge in [-0.3, -0.25) is 9.59 Å². The maximum atomic E-state index is 12.3. The van der Waals surface area contributed by atoms with E-state index in [0.29, 0.717) is 12.3 Å². The van der Waals surface area contributed by atoms with Gasteiger partial charge in [0.1, 0.15) is 5.75 Å². The zero-order valence-electron chi connectivity index (χ0n) is 14.2. The number of rotatable bonds is 5. The Morgan fingerprint density at radius 2 is 2.00 bits per heavy atom. The van der Waals surface area contributed by atoms with Crippen LogP contribution in [0.15, 0.2) is 58.1 Å². The Kier molecular flexibility index (Phi) is 5.68. The molecular weight excluding hydrogens is 398 g/mol. The molecule has 1 fully saturated rings. The number of nitrogens with zero attached hydrogens (tertiary/aromatic N) is 2. The van der Waals surface area contributed by atoms with Crippen molar-refractivity contribution in [1.82, 2.24) is 5.43 Å². The third-order valence-corrected chi connectivity index (χ3v) is 4.68. The van der Waals surface area contributed by atoms with Crippen LogP contribution >= 0.6 is 15.9 Å². The molecule has 1 atom stereocenters.